The highest BCUT2D eigenvalue weighted by atomic mass is 16.7. The van der Waals surface area contributed by atoms with E-state index in [-0.39, 0.29) is 39.3 Å². The van der Waals surface area contributed by atoms with Crippen molar-refractivity contribution in [3.8, 4) is 0 Å². The second-order valence-electron chi connectivity index (χ2n) is 11.5. The third-order valence-corrected chi connectivity index (χ3v) is 5.89. The van der Waals surface area contributed by atoms with Crippen molar-refractivity contribution >= 4 is 48.3 Å². The van der Waals surface area contributed by atoms with Gasteiger partial charge in [0.05, 0.1) is 23.7 Å². The van der Waals surface area contributed by atoms with Crippen molar-refractivity contribution in [1.29, 1.82) is 0 Å². The Bertz CT molecular complexity index is 1040. The van der Waals surface area contributed by atoms with Crippen molar-refractivity contribution in [2.75, 3.05) is 66.4 Å². The largest absolute Gasteiger partial charge is 0.428 e. The summed E-state index contributed by atoms with van der Waals surface area (Å²) < 4.78 is 38.9. The average molecular weight is 723 g/mol. The number of amides is 4. The first kappa shape index (κ1) is 45.0. The van der Waals surface area contributed by atoms with E-state index in [9.17, 15) is 38.4 Å². The SMILES string of the molecule is CC(C)C(=O)OCOC(=O)NCCN(CCN(CCNC(=O)OCOC(=O)C(C)C)C(=O)OCOC(=O)C(C)C)C(=O)OCOC(=O)C(C)C. The van der Waals surface area contributed by atoms with Crippen LogP contribution in [0.3, 0.4) is 0 Å². The summed E-state index contributed by atoms with van der Waals surface area (Å²) in [6, 6.07) is 0. The molecule has 50 heavy (non-hydrogen) atoms. The summed E-state index contributed by atoms with van der Waals surface area (Å²) in [6.45, 7) is 8.76. The molecule has 0 atom stereocenters. The minimum atomic E-state index is -0.987. The Morgan fingerprint density at radius 1 is 0.400 bits per heavy atom. The molecule has 0 rings (SSSR count). The summed E-state index contributed by atoms with van der Waals surface area (Å²) >= 11 is 0. The van der Waals surface area contributed by atoms with E-state index in [1.54, 1.807) is 55.4 Å². The van der Waals surface area contributed by atoms with Crippen LogP contribution in [0.25, 0.3) is 0 Å². The van der Waals surface area contributed by atoms with Crippen molar-refractivity contribution in [3.05, 3.63) is 0 Å². The van der Waals surface area contributed by atoms with Gasteiger partial charge >= 0.3 is 48.3 Å². The van der Waals surface area contributed by atoms with Gasteiger partial charge in [-0.1, -0.05) is 55.4 Å². The van der Waals surface area contributed by atoms with Gasteiger partial charge in [-0.2, -0.15) is 0 Å². The van der Waals surface area contributed by atoms with E-state index < -0.39 is 99.1 Å². The maximum atomic E-state index is 12.9. The normalized spacial score (nSPS) is 10.6. The van der Waals surface area contributed by atoms with Crippen LogP contribution in [-0.2, 0) is 57.1 Å². The van der Waals surface area contributed by atoms with Crippen molar-refractivity contribution in [3.63, 3.8) is 0 Å². The number of nitrogens with one attached hydrogen (secondary N) is 2. The molecule has 0 aliphatic carbocycles. The van der Waals surface area contributed by atoms with E-state index in [0.717, 1.165) is 9.80 Å². The average Bonchev–Trinajstić information content (AvgIpc) is 3.04. The summed E-state index contributed by atoms with van der Waals surface area (Å²) in [5.74, 6) is -4.24. The fourth-order valence-electron chi connectivity index (χ4n) is 2.93. The second kappa shape index (κ2) is 25.0. The maximum Gasteiger partial charge on any atom is 0.412 e. The summed E-state index contributed by atoms with van der Waals surface area (Å²) in [6.07, 6.45) is -3.89. The topological polar surface area (TPSA) is 241 Å². The fourth-order valence-corrected chi connectivity index (χ4v) is 2.93. The van der Waals surface area contributed by atoms with Crippen molar-refractivity contribution in [1.82, 2.24) is 20.4 Å². The van der Waals surface area contributed by atoms with Crippen LogP contribution in [0, 0.1) is 23.7 Å². The zero-order valence-electron chi connectivity index (χ0n) is 29.8. The molecule has 2 N–H and O–H groups in total. The molecule has 0 saturated carbocycles. The first-order chi connectivity index (χ1) is 23.5. The molecule has 0 aliphatic heterocycles. The zero-order valence-corrected chi connectivity index (χ0v) is 29.8. The Labute approximate surface area is 290 Å². The van der Waals surface area contributed by atoms with Gasteiger partial charge in [-0.25, -0.2) is 19.2 Å². The van der Waals surface area contributed by atoms with Gasteiger partial charge in [0.25, 0.3) is 0 Å². The first-order valence-corrected chi connectivity index (χ1v) is 15.8. The number of ether oxygens (including phenoxy) is 8. The lowest BCUT2D eigenvalue weighted by Gasteiger charge is -2.27. The molecule has 286 valence electrons. The molecule has 0 heterocycles. The van der Waals surface area contributed by atoms with E-state index >= 15 is 0 Å². The lowest BCUT2D eigenvalue weighted by atomic mass is 10.2. The summed E-state index contributed by atoms with van der Waals surface area (Å²) in [5.41, 5.74) is 0. The molecule has 0 unspecified atom stereocenters. The number of carbonyl (C=O) groups is 8. The number of hydrogen-bond donors (Lipinski definition) is 2. The van der Waals surface area contributed by atoms with Crippen LogP contribution in [0.2, 0.25) is 0 Å². The third kappa shape index (κ3) is 21.0. The molecular formula is C30H50N4O16. The van der Waals surface area contributed by atoms with E-state index in [0.29, 0.717) is 0 Å². The predicted octanol–water partition coefficient (Wildman–Crippen LogP) is 1.94. The molecule has 0 aromatic rings. The predicted molar refractivity (Wildman–Crippen MR) is 168 cm³/mol. The highest BCUT2D eigenvalue weighted by Gasteiger charge is 2.22. The number of rotatable bonds is 21. The summed E-state index contributed by atoms with van der Waals surface area (Å²) in [4.78, 5) is 98.4. The monoisotopic (exact) mass is 722 g/mol. The van der Waals surface area contributed by atoms with E-state index in [1.807, 2.05) is 0 Å². The smallest absolute Gasteiger partial charge is 0.412 e. The molecule has 0 fully saturated rings. The molecular weight excluding hydrogens is 672 g/mol. The van der Waals surface area contributed by atoms with Crippen LogP contribution in [0.1, 0.15) is 55.4 Å². The second-order valence-corrected chi connectivity index (χ2v) is 11.5. The molecule has 0 radical (unpaired) electrons. The van der Waals surface area contributed by atoms with Gasteiger partial charge in [0.1, 0.15) is 0 Å². The Kier molecular flexibility index (Phi) is 22.5. The van der Waals surface area contributed by atoms with Gasteiger partial charge in [-0.3, -0.25) is 19.2 Å². The molecule has 0 aromatic heterocycles. The number of hydrogen-bond acceptors (Lipinski definition) is 16. The minimum absolute atomic E-state index is 0.192. The lowest BCUT2D eigenvalue weighted by molar-refractivity contribution is -0.157. The van der Waals surface area contributed by atoms with Gasteiger partial charge in [-0.15, -0.1) is 0 Å². The van der Waals surface area contributed by atoms with Crippen molar-refractivity contribution < 1.29 is 76.3 Å². The molecule has 4 amide bonds. The van der Waals surface area contributed by atoms with Crippen molar-refractivity contribution in [2.24, 2.45) is 23.7 Å². The molecule has 20 heteroatoms. The van der Waals surface area contributed by atoms with Crippen LogP contribution in [0.5, 0.6) is 0 Å². The van der Waals surface area contributed by atoms with Crippen LogP contribution >= 0.6 is 0 Å². The van der Waals surface area contributed by atoms with Gasteiger partial charge in [0, 0.05) is 39.3 Å². The standard InChI is InChI=1S/C30H50N4O16/c1-19(2)23(35)43-15-47-27(39)31-9-11-33(29(41)49-17-45-25(37)21(5)6)13-14-34(30(42)50-18-46-26(38)22(7)8)12-10-32-28(40)48-16-44-24(36)20(3)4/h19-22H,9-18H2,1-8H3,(H,31,39)(H,32,40). The first-order valence-electron chi connectivity index (χ1n) is 15.8. The van der Waals surface area contributed by atoms with E-state index in [4.69, 9.17) is 37.9 Å². The fraction of sp³-hybridized carbons (Fsp3) is 0.733. The van der Waals surface area contributed by atoms with Gasteiger partial charge < -0.3 is 58.3 Å². The van der Waals surface area contributed by atoms with Gasteiger partial charge in [-0.05, 0) is 0 Å². The minimum Gasteiger partial charge on any atom is -0.428 e. The van der Waals surface area contributed by atoms with Crippen LogP contribution in [0.15, 0.2) is 0 Å². The Balaban J connectivity index is 5.47. The quantitative estimate of drug-likeness (QED) is 0.0977. The van der Waals surface area contributed by atoms with Gasteiger partial charge in [0.15, 0.2) is 0 Å². The Morgan fingerprint density at radius 2 is 0.660 bits per heavy atom. The van der Waals surface area contributed by atoms with E-state index in [2.05, 4.69) is 10.6 Å². The number of nitrogens with zero attached hydrogens (tertiary/aromatic N) is 2. The molecule has 0 aromatic carbocycles. The van der Waals surface area contributed by atoms with Gasteiger partial charge in [0.2, 0.25) is 27.2 Å². The Hall–Kier alpha value is -5.04. The van der Waals surface area contributed by atoms with Crippen molar-refractivity contribution in [2.45, 2.75) is 55.4 Å². The number of carbonyl (C=O) groups excluding carboxylic acids is 8. The molecule has 0 bridgehead atoms. The number of alkyl carbamates (subject to hydrolysis) is 2. The molecule has 0 aliphatic rings. The molecule has 20 nitrogen and oxygen atoms in total. The zero-order chi connectivity index (χ0) is 38.2. The highest BCUT2D eigenvalue weighted by molar-refractivity contribution is 5.74. The van der Waals surface area contributed by atoms with Crippen LogP contribution < -0.4 is 10.6 Å². The van der Waals surface area contributed by atoms with Crippen LogP contribution in [0.4, 0.5) is 19.2 Å². The third-order valence-electron chi connectivity index (χ3n) is 5.89. The van der Waals surface area contributed by atoms with Crippen LogP contribution in [-0.4, -0.2) is 124 Å². The lowest BCUT2D eigenvalue weighted by Crippen LogP contribution is -2.46. The maximum absolute atomic E-state index is 12.9. The summed E-state index contributed by atoms with van der Waals surface area (Å²) in [7, 11) is 0. The number of esters is 4. The molecule has 0 saturated heterocycles. The van der Waals surface area contributed by atoms with E-state index in [1.165, 1.54) is 0 Å². The summed E-state index contributed by atoms with van der Waals surface area (Å²) in [5, 5.41) is 4.72. The molecule has 0 spiro atoms. The highest BCUT2D eigenvalue weighted by Crippen LogP contribution is 2.03. The Morgan fingerprint density at radius 3 is 0.920 bits per heavy atom.